The molecule has 0 bridgehead atoms. The molecule has 0 N–H and O–H groups in total. The Balaban J connectivity index is 1.89. The number of ether oxygens (including phenoxy) is 1. The van der Waals surface area contributed by atoms with Crippen molar-refractivity contribution >= 4 is 0 Å². The minimum absolute atomic E-state index is 0.627. The molecule has 55 valence electrons. The summed E-state index contributed by atoms with van der Waals surface area (Å²) in [7, 11) is 1.72. The highest BCUT2D eigenvalue weighted by atomic mass is 16.5. The average Bonchev–Trinajstić information content (AvgIpc) is 2.71. The van der Waals surface area contributed by atoms with Gasteiger partial charge in [-0.05, 0) is 19.3 Å². The second-order valence-corrected chi connectivity index (χ2v) is 2.50. The van der Waals surface area contributed by atoms with Gasteiger partial charge in [-0.15, -0.1) is 5.92 Å². The van der Waals surface area contributed by atoms with Gasteiger partial charge in [0.05, 0.1) is 0 Å². The molecule has 1 heteroatoms. The van der Waals surface area contributed by atoms with Crippen LogP contribution in [-0.4, -0.2) is 13.7 Å². The van der Waals surface area contributed by atoms with Crippen LogP contribution in [0.15, 0.2) is 0 Å². The van der Waals surface area contributed by atoms with Crippen LogP contribution in [0.1, 0.15) is 19.3 Å². The summed E-state index contributed by atoms with van der Waals surface area (Å²) in [4.78, 5) is 0. The van der Waals surface area contributed by atoms with Gasteiger partial charge in [0, 0.05) is 26.1 Å². The summed E-state index contributed by atoms with van der Waals surface area (Å²) in [5.41, 5.74) is 0. The largest absolute Gasteiger partial charge is 0.385 e. The third kappa shape index (κ3) is 3.53. The van der Waals surface area contributed by atoms with E-state index in [1.807, 2.05) is 0 Å². The van der Waals surface area contributed by atoms with E-state index >= 15 is 0 Å². The van der Waals surface area contributed by atoms with E-state index in [1.165, 1.54) is 6.42 Å². The first kappa shape index (κ1) is 7.63. The molecule has 1 aliphatic rings. The lowest BCUT2D eigenvalue weighted by molar-refractivity contribution is 0.196. The van der Waals surface area contributed by atoms with Crippen molar-refractivity contribution in [2.45, 2.75) is 19.3 Å². The van der Waals surface area contributed by atoms with Crippen molar-refractivity contribution in [1.29, 1.82) is 0 Å². The van der Waals surface area contributed by atoms with E-state index in [0.29, 0.717) is 5.92 Å². The topological polar surface area (TPSA) is 9.23 Å². The Hall–Kier alpha value is -0.480. The minimum Gasteiger partial charge on any atom is -0.385 e. The number of hydrogen-bond donors (Lipinski definition) is 0. The molecule has 10 heavy (non-hydrogen) atoms. The van der Waals surface area contributed by atoms with Crippen molar-refractivity contribution in [1.82, 2.24) is 0 Å². The van der Waals surface area contributed by atoms with Crippen LogP contribution in [0.4, 0.5) is 0 Å². The summed E-state index contributed by atoms with van der Waals surface area (Å²) in [6.07, 6.45) is 5.48. The summed E-state index contributed by atoms with van der Waals surface area (Å²) in [5.74, 6) is 6.90. The maximum absolute atomic E-state index is 4.89. The van der Waals surface area contributed by atoms with Crippen molar-refractivity contribution in [3.63, 3.8) is 0 Å². The van der Waals surface area contributed by atoms with Crippen molar-refractivity contribution in [3.05, 3.63) is 6.42 Å². The molecular formula is C9H13O. The molecule has 0 aromatic heterocycles. The van der Waals surface area contributed by atoms with Gasteiger partial charge in [-0.1, -0.05) is 5.92 Å². The monoisotopic (exact) mass is 137 g/mol. The quantitative estimate of drug-likeness (QED) is 0.424. The molecule has 1 rings (SSSR count). The fourth-order valence-corrected chi connectivity index (χ4v) is 0.694. The van der Waals surface area contributed by atoms with E-state index in [0.717, 1.165) is 19.4 Å². The zero-order chi connectivity index (χ0) is 7.23. The smallest absolute Gasteiger partial charge is 0.0471 e. The predicted octanol–water partition coefficient (Wildman–Crippen LogP) is 1.64. The molecule has 0 heterocycles. The average molecular weight is 137 g/mol. The second-order valence-electron chi connectivity index (χ2n) is 2.50. The van der Waals surface area contributed by atoms with E-state index in [9.17, 15) is 0 Å². The molecule has 0 aromatic rings. The van der Waals surface area contributed by atoms with Gasteiger partial charge in [-0.2, -0.15) is 0 Å². The van der Waals surface area contributed by atoms with Crippen LogP contribution in [0.3, 0.4) is 0 Å². The highest BCUT2D eigenvalue weighted by molar-refractivity contribution is 5.17. The van der Waals surface area contributed by atoms with Gasteiger partial charge < -0.3 is 4.74 Å². The van der Waals surface area contributed by atoms with Crippen LogP contribution in [0.5, 0.6) is 0 Å². The standard InChI is InChI=1S/C9H13O/c1-10-8-4-2-3-5-9-6-7-9/h6,9H,2,4,7-8H2,1H3. The molecule has 1 radical (unpaired) electrons. The van der Waals surface area contributed by atoms with Crippen LogP contribution in [0, 0.1) is 24.2 Å². The Morgan fingerprint density at radius 2 is 2.50 bits per heavy atom. The third-order valence-corrected chi connectivity index (χ3v) is 1.41. The second kappa shape index (κ2) is 4.35. The van der Waals surface area contributed by atoms with E-state index in [2.05, 4.69) is 18.3 Å². The van der Waals surface area contributed by atoms with Crippen LogP contribution >= 0.6 is 0 Å². The number of rotatable bonds is 3. The fraction of sp³-hybridized carbons (Fsp3) is 0.667. The Bertz CT molecular complexity index is 137. The number of unbranched alkanes of at least 4 members (excludes halogenated alkanes) is 1. The molecule has 1 unspecified atom stereocenters. The fourth-order valence-electron chi connectivity index (χ4n) is 0.694. The Morgan fingerprint density at radius 3 is 3.10 bits per heavy atom. The molecule has 0 aliphatic heterocycles. The van der Waals surface area contributed by atoms with Gasteiger partial charge >= 0.3 is 0 Å². The van der Waals surface area contributed by atoms with Crippen LogP contribution in [0.2, 0.25) is 0 Å². The Kier molecular flexibility index (Phi) is 3.32. The molecule has 1 saturated carbocycles. The summed E-state index contributed by atoms with van der Waals surface area (Å²) in [6, 6.07) is 0. The van der Waals surface area contributed by atoms with Crippen molar-refractivity contribution in [2.75, 3.05) is 13.7 Å². The maximum Gasteiger partial charge on any atom is 0.0471 e. The molecule has 0 saturated heterocycles. The molecule has 1 aliphatic carbocycles. The molecule has 0 spiro atoms. The molecular weight excluding hydrogens is 124 g/mol. The summed E-state index contributed by atoms with van der Waals surface area (Å²) >= 11 is 0. The molecule has 1 atom stereocenters. The van der Waals surface area contributed by atoms with Crippen LogP contribution in [0.25, 0.3) is 0 Å². The summed E-state index contributed by atoms with van der Waals surface area (Å²) < 4.78 is 4.89. The number of methoxy groups -OCH3 is 1. The highest BCUT2D eigenvalue weighted by Crippen LogP contribution is 2.25. The van der Waals surface area contributed by atoms with E-state index in [4.69, 9.17) is 4.74 Å². The molecule has 0 amide bonds. The third-order valence-electron chi connectivity index (χ3n) is 1.41. The van der Waals surface area contributed by atoms with Gasteiger partial charge in [0.1, 0.15) is 0 Å². The van der Waals surface area contributed by atoms with Crippen molar-refractivity contribution < 1.29 is 4.74 Å². The zero-order valence-corrected chi connectivity index (χ0v) is 6.39. The lowest BCUT2D eigenvalue weighted by atomic mass is 10.3. The highest BCUT2D eigenvalue weighted by Gasteiger charge is 2.17. The van der Waals surface area contributed by atoms with Gasteiger partial charge in [-0.25, -0.2) is 0 Å². The van der Waals surface area contributed by atoms with Crippen molar-refractivity contribution in [2.24, 2.45) is 5.92 Å². The number of hydrogen-bond acceptors (Lipinski definition) is 1. The summed E-state index contributed by atoms with van der Waals surface area (Å²) in [5, 5.41) is 0. The van der Waals surface area contributed by atoms with Crippen LogP contribution < -0.4 is 0 Å². The zero-order valence-electron chi connectivity index (χ0n) is 6.39. The SMILES string of the molecule is COCCCC#CC1[CH]C1. The van der Waals surface area contributed by atoms with E-state index in [1.54, 1.807) is 7.11 Å². The van der Waals surface area contributed by atoms with Crippen LogP contribution in [-0.2, 0) is 4.74 Å². The Labute approximate surface area is 62.8 Å². The Morgan fingerprint density at radius 1 is 1.70 bits per heavy atom. The maximum atomic E-state index is 4.89. The molecule has 1 fully saturated rings. The predicted molar refractivity (Wildman–Crippen MR) is 41.3 cm³/mol. The molecule has 1 nitrogen and oxygen atoms in total. The normalized spacial score (nSPS) is 16.1. The van der Waals surface area contributed by atoms with Gasteiger partial charge in [0.25, 0.3) is 0 Å². The lowest BCUT2D eigenvalue weighted by Crippen LogP contribution is -1.85. The van der Waals surface area contributed by atoms with E-state index < -0.39 is 0 Å². The first-order chi connectivity index (χ1) is 4.93. The minimum atomic E-state index is 0.627. The first-order valence-electron chi connectivity index (χ1n) is 3.74. The molecule has 0 aromatic carbocycles. The van der Waals surface area contributed by atoms with Gasteiger partial charge in [0.2, 0.25) is 0 Å². The van der Waals surface area contributed by atoms with Crippen molar-refractivity contribution in [3.8, 4) is 11.8 Å². The van der Waals surface area contributed by atoms with Gasteiger partial charge in [0.15, 0.2) is 0 Å². The van der Waals surface area contributed by atoms with E-state index in [-0.39, 0.29) is 0 Å². The first-order valence-corrected chi connectivity index (χ1v) is 3.74. The summed E-state index contributed by atoms with van der Waals surface area (Å²) in [6.45, 7) is 0.836. The van der Waals surface area contributed by atoms with Gasteiger partial charge in [-0.3, -0.25) is 0 Å². The lowest BCUT2D eigenvalue weighted by Gasteiger charge is -1.90.